The number of ether oxygens (including phenoxy) is 2. The number of carbonyl (C=O) groups excluding carboxylic acids is 2. The van der Waals surface area contributed by atoms with Gasteiger partial charge >= 0.3 is 11.9 Å². The van der Waals surface area contributed by atoms with Gasteiger partial charge in [-0.15, -0.1) is 0 Å². The second-order valence-corrected chi connectivity index (χ2v) is 6.61. The first-order valence-corrected chi connectivity index (χ1v) is 9.11. The van der Waals surface area contributed by atoms with Crippen LogP contribution in [-0.4, -0.2) is 43.4 Å². The van der Waals surface area contributed by atoms with Crippen molar-refractivity contribution in [3.8, 4) is 0 Å². The Balaban J connectivity index is 4.39. The predicted octanol–water partition coefficient (Wildman–Crippen LogP) is 2.10. The molecule has 0 heterocycles. The molecule has 1 atom stereocenters. The molecule has 22 heavy (non-hydrogen) atoms. The molecule has 0 aromatic heterocycles. The van der Waals surface area contributed by atoms with Gasteiger partial charge in [0.05, 0.1) is 19.6 Å². The highest BCUT2D eigenvalue weighted by molar-refractivity contribution is 7.87. The summed E-state index contributed by atoms with van der Waals surface area (Å²) in [5.41, 5.74) is 0. The van der Waals surface area contributed by atoms with Crippen LogP contribution in [0.2, 0.25) is 0 Å². The zero-order valence-corrected chi connectivity index (χ0v) is 14.1. The summed E-state index contributed by atoms with van der Waals surface area (Å²) in [6.07, 6.45) is 4.20. The van der Waals surface area contributed by atoms with Gasteiger partial charge < -0.3 is 9.47 Å². The zero-order chi connectivity index (χ0) is 17.0. The average molecular weight is 338 g/mol. The van der Waals surface area contributed by atoms with Crippen LogP contribution < -0.4 is 0 Å². The minimum absolute atomic E-state index is 0.0652. The summed E-state index contributed by atoms with van der Waals surface area (Å²) >= 11 is 0. The Kier molecular flexibility index (Phi) is 10.8. The summed E-state index contributed by atoms with van der Waals surface area (Å²) in [6, 6.07) is 0. The second-order valence-electron chi connectivity index (χ2n) is 5.01. The highest BCUT2D eigenvalue weighted by atomic mass is 32.2. The van der Waals surface area contributed by atoms with Crippen LogP contribution in [0.4, 0.5) is 0 Å². The summed E-state index contributed by atoms with van der Waals surface area (Å²) in [5, 5.41) is -1.92. The van der Waals surface area contributed by atoms with Crippen LogP contribution in [0.5, 0.6) is 0 Å². The van der Waals surface area contributed by atoms with Crippen molar-refractivity contribution in [1.82, 2.24) is 0 Å². The van der Waals surface area contributed by atoms with E-state index in [9.17, 15) is 18.0 Å². The van der Waals surface area contributed by atoms with E-state index < -0.39 is 33.7 Å². The normalized spacial score (nSPS) is 12.7. The maximum atomic E-state index is 11.7. The first kappa shape index (κ1) is 20.9. The van der Waals surface area contributed by atoms with E-state index in [1.807, 2.05) is 13.8 Å². The SMILES string of the molecule is CCCCCCOC(=O)C(CC(=O)OCCCC)S(=O)(=O)O. The van der Waals surface area contributed by atoms with E-state index in [1.165, 1.54) is 0 Å². The van der Waals surface area contributed by atoms with Gasteiger partial charge in [0.2, 0.25) is 0 Å². The lowest BCUT2D eigenvalue weighted by Crippen LogP contribution is -2.34. The summed E-state index contributed by atoms with van der Waals surface area (Å²) < 4.78 is 41.1. The quantitative estimate of drug-likeness (QED) is 0.330. The molecule has 0 aromatic rings. The molecular formula is C14H26O7S. The molecular weight excluding hydrogens is 312 g/mol. The van der Waals surface area contributed by atoms with E-state index in [0.717, 1.165) is 25.7 Å². The third-order valence-electron chi connectivity index (χ3n) is 2.98. The minimum Gasteiger partial charge on any atom is -0.466 e. The summed E-state index contributed by atoms with van der Waals surface area (Å²) in [4.78, 5) is 23.2. The van der Waals surface area contributed by atoms with Crippen LogP contribution in [0.3, 0.4) is 0 Å². The van der Waals surface area contributed by atoms with Crippen molar-refractivity contribution < 1.29 is 32.0 Å². The van der Waals surface area contributed by atoms with E-state index in [4.69, 9.17) is 14.0 Å². The van der Waals surface area contributed by atoms with E-state index in [-0.39, 0.29) is 13.2 Å². The molecule has 0 aliphatic carbocycles. The fourth-order valence-corrected chi connectivity index (χ4v) is 2.30. The largest absolute Gasteiger partial charge is 0.466 e. The van der Waals surface area contributed by atoms with Crippen molar-refractivity contribution in [3.63, 3.8) is 0 Å². The molecule has 0 amide bonds. The van der Waals surface area contributed by atoms with Crippen LogP contribution in [0.1, 0.15) is 58.8 Å². The lowest BCUT2D eigenvalue weighted by atomic mass is 10.2. The van der Waals surface area contributed by atoms with Crippen molar-refractivity contribution in [1.29, 1.82) is 0 Å². The molecule has 1 N–H and O–H groups in total. The number of carbonyl (C=O) groups is 2. The highest BCUT2D eigenvalue weighted by Crippen LogP contribution is 2.10. The molecule has 1 unspecified atom stereocenters. The maximum Gasteiger partial charge on any atom is 0.327 e. The van der Waals surface area contributed by atoms with Gasteiger partial charge in [0, 0.05) is 0 Å². The predicted molar refractivity (Wildman–Crippen MR) is 80.9 cm³/mol. The number of unbranched alkanes of at least 4 members (excludes halogenated alkanes) is 4. The van der Waals surface area contributed by atoms with E-state index in [2.05, 4.69) is 0 Å². The number of esters is 2. The van der Waals surface area contributed by atoms with Crippen molar-refractivity contribution in [2.24, 2.45) is 0 Å². The molecule has 0 fully saturated rings. The Morgan fingerprint density at radius 3 is 2.09 bits per heavy atom. The Labute approximate surface area is 132 Å². The molecule has 0 radical (unpaired) electrons. The highest BCUT2D eigenvalue weighted by Gasteiger charge is 2.35. The smallest absolute Gasteiger partial charge is 0.327 e. The monoisotopic (exact) mass is 338 g/mol. The zero-order valence-electron chi connectivity index (χ0n) is 13.2. The van der Waals surface area contributed by atoms with E-state index in [0.29, 0.717) is 12.8 Å². The number of hydrogen-bond donors (Lipinski definition) is 1. The first-order valence-electron chi connectivity index (χ1n) is 7.61. The molecule has 0 aromatic carbocycles. The van der Waals surface area contributed by atoms with Crippen LogP contribution in [-0.2, 0) is 29.2 Å². The third-order valence-corrected chi connectivity index (χ3v) is 4.06. The molecule has 0 rings (SSSR count). The van der Waals surface area contributed by atoms with Gasteiger partial charge in [-0.25, -0.2) is 0 Å². The molecule has 0 aliphatic rings. The summed E-state index contributed by atoms with van der Waals surface area (Å²) in [6.45, 7) is 4.16. The molecule has 0 aliphatic heterocycles. The summed E-state index contributed by atoms with van der Waals surface area (Å²) in [5.74, 6) is -1.97. The molecule has 8 heteroatoms. The number of rotatable bonds is 12. The minimum atomic E-state index is -4.71. The Morgan fingerprint density at radius 2 is 1.55 bits per heavy atom. The van der Waals surface area contributed by atoms with Gasteiger partial charge in [-0.3, -0.25) is 14.1 Å². The molecule has 7 nitrogen and oxygen atoms in total. The maximum absolute atomic E-state index is 11.7. The van der Waals surface area contributed by atoms with Gasteiger partial charge in [0.25, 0.3) is 10.1 Å². The van der Waals surface area contributed by atoms with E-state index >= 15 is 0 Å². The lowest BCUT2D eigenvalue weighted by molar-refractivity contribution is -0.150. The average Bonchev–Trinajstić information content (AvgIpc) is 2.43. The van der Waals surface area contributed by atoms with Gasteiger partial charge in [0.1, 0.15) is 0 Å². The fourth-order valence-electron chi connectivity index (χ4n) is 1.65. The fraction of sp³-hybridized carbons (Fsp3) is 0.857. The Bertz CT molecular complexity index is 430. The van der Waals surface area contributed by atoms with Gasteiger partial charge in [-0.05, 0) is 12.8 Å². The Morgan fingerprint density at radius 1 is 0.955 bits per heavy atom. The van der Waals surface area contributed by atoms with E-state index in [1.54, 1.807) is 0 Å². The van der Waals surface area contributed by atoms with Crippen molar-refractivity contribution >= 4 is 22.1 Å². The van der Waals surface area contributed by atoms with Crippen molar-refractivity contribution in [2.75, 3.05) is 13.2 Å². The molecule has 0 spiro atoms. The Hall–Kier alpha value is -1.15. The van der Waals surface area contributed by atoms with Crippen LogP contribution >= 0.6 is 0 Å². The van der Waals surface area contributed by atoms with Crippen LogP contribution in [0, 0.1) is 0 Å². The van der Waals surface area contributed by atoms with Crippen molar-refractivity contribution in [3.05, 3.63) is 0 Å². The van der Waals surface area contributed by atoms with Gasteiger partial charge in [0.15, 0.2) is 5.25 Å². The second kappa shape index (κ2) is 11.4. The first-order chi connectivity index (χ1) is 10.3. The summed E-state index contributed by atoms with van der Waals surface area (Å²) in [7, 11) is -4.71. The molecule has 130 valence electrons. The third kappa shape index (κ3) is 9.73. The molecule has 0 bridgehead atoms. The van der Waals surface area contributed by atoms with Gasteiger partial charge in [-0.1, -0.05) is 39.5 Å². The topological polar surface area (TPSA) is 107 Å². The van der Waals surface area contributed by atoms with Gasteiger partial charge in [-0.2, -0.15) is 8.42 Å². The standard InChI is InChI=1S/C14H26O7S/c1-3-5-7-8-10-21-14(16)12(22(17,18)19)11-13(15)20-9-6-4-2/h12H,3-11H2,1-2H3,(H,17,18,19). The lowest BCUT2D eigenvalue weighted by Gasteiger charge is -2.13. The molecule has 0 saturated heterocycles. The molecule has 0 saturated carbocycles. The number of hydrogen-bond acceptors (Lipinski definition) is 6. The van der Waals surface area contributed by atoms with Crippen LogP contribution in [0.25, 0.3) is 0 Å². The van der Waals surface area contributed by atoms with Crippen molar-refractivity contribution in [2.45, 2.75) is 64.0 Å². The van der Waals surface area contributed by atoms with Crippen LogP contribution in [0.15, 0.2) is 0 Å².